The van der Waals surface area contributed by atoms with E-state index < -0.39 is 5.76 Å². The molecule has 1 N–H and O–H groups in total. The molecule has 2 aromatic carbocycles. The highest BCUT2D eigenvalue weighted by Gasteiger charge is 2.13. The zero-order valence-corrected chi connectivity index (χ0v) is 17.3. The summed E-state index contributed by atoms with van der Waals surface area (Å²) in [5, 5.41) is 5.32. The van der Waals surface area contributed by atoms with Gasteiger partial charge in [-0.2, -0.15) is 0 Å². The third-order valence-corrected chi connectivity index (χ3v) is 5.76. The van der Waals surface area contributed by atoms with Crippen LogP contribution >= 0.6 is 11.3 Å². The molecule has 0 saturated heterocycles. The quantitative estimate of drug-likeness (QED) is 0.521. The summed E-state index contributed by atoms with van der Waals surface area (Å²) < 4.78 is 6.67. The molecule has 0 unspecified atom stereocenters. The smallest absolute Gasteiger partial charge is 0.408 e. The number of fused-ring (bicyclic) bond motifs is 1. The second-order valence-electron chi connectivity index (χ2n) is 7.07. The molecule has 0 bridgehead atoms. The number of oxazole rings is 1. The fourth-order valence-corrected chi connectivity index (χ4v) is 4.04. The van der Waals surface area contributed by atoms with Crippen LogP contribution in [0.1, 0.15) is 23.1 Å². The van der Waals surface area contributed by atoms with Gasteiger partial charge in [0.25, 0.3) is 0 Å². The monoisotopic (exact) mass is 407 g/mol. The van der Waals surface area contributed by atoms with E-state index >= 15 is 0 Å². The first-order chi connectivity index (χ1) is 13.9. The average molecular weight is 407 g/mol. The lowest BCUT2D eigenvalue weighted by atomic mass is 9.99. The Bertz CT molecular complexity index is 1270. The molecular formula is C22H21N3O3S. The van der Waals surface area contributed by atoms with E-state index in [4.69, 9.17) is 4.42 Å². The predicted molar refractivity (Wildman–Crippen MR) is 115 cm³/mol. The van der Waals surface area contributed by atoms with Crippen molar-refractivity contribution in [1.29, 1.82) is 0 Å². The second kappa shape index (κ2) is 7.67. The van der Waals surface area contributed by atoms with Crippen molar-refractivity contribution in [3.05, 3.63) is 69.0 Å². The fraction of sp³-hybridized carbons (Fsp3) is 0.227. The molecule has 1 amide bonds. The van der Waals surface area contributed by atoms with Crippen molar-refractivity contribution < 1.29 is 9.21 Å². The lowest BCUT2D eigenvalue weighted by Gasteiger charge is -2.07. The van der Waals surface area contributed by atoms with Crippen molar-refractivity contribution in [2.24, 2.45) is 0 Å². The highest BCUT2D eigenvalue weighted by Crippen LogP contribution is 2.29. The van der Waals surface area contributed by atoms with Gasteiger partial charge in [0.15, 0.2) is 10.7 Å². The van der Waals surface area contributed by atoms with Crippen molar-refractivity contribution in [2.75, 3.05) is 5.32 Å². The van der Waals surface area contributed by atoms with Crippen molar-refractivity contribution in [1.82, 2.24) is 9.55 Å². The molecular weight excluding hydrogens is 386 g/mol. The van der Waals surface area contributed by atoms with Crippen LogP contribution in [-0.2, 0) is 11.3 Å². The van der Waals surface area contributed by atoms with Crippen LogP contribution < -0.4 is 11.1 Å². The summed E-state index contributed by atoms with van der Waals surface area (Å²) in [5.74, 6) is -0.652. The third kappa shape index (κ3) is 3.86. The number of benzene rings is 2. The van der Waals surface area contributed by atoms with Crippen LogP contribution in [0.25, 0.3) is 22.4 Å². The molecule has 0 radical (unpaired) electrons. The molecule has 0 saturated carbocycles. The molecule has 0 aliphatic rings. The lowest BCUT2D eigenvalue weighted by molar-refractivity contribution is -0.116. The van der Waals surface area contributed by atoms with Gasteiger partial charge in [-0.1, -0.05) is 18.2 Å². The number of rotatable bonds is 5. The number of hydrogen-bond donors (Lipinski definition) is 1. The Morgan fingerprint density at radius 1 is 1.14 bits per heavy atom. The topological polar surface area (TPSA) is 77.1 Å². The molecule has 0 fully saturated rings. The Hall–Kier alpha value is -3.19. The summed E-state index contributed by atoms with van der Waals surface area (Å²) in [6, 6.07) is 11.5. The molecule has 4 rings (SSSR count). The minimum absolute atomic E-state index is 0.154. The number of aromatic nitrogens is 2. The Labute approximate surface area is 171 Å². The van der Waals surface area contributed by atoms with Gasteiger partial charge in [-0.15, -0.1) is 11.3 Å². The van der Waals surface area contributed by atoms with Crippen molar-refractivity contribution in [2.45, 2.75) is 33.7 Å². The zero-order valence-electron chi connectivity index (χ0n) is 16.5. The first-order valence-electron chi connectivity index (χ1n) is 9.34. The number of carbonyl (C=O) groups is 1. The molecule has 6 nitrogen and oxygen atoms in total. The molecule has 4 aromatic rings. The Morgan fingerprint density at radius 3 is 2.72 bits per heavy atom. The minimum Gasteiger partial charge on any atom is -0.408 e. The van der Waals surface area contributed by atoms with E-state index in [-0.39, 0.29) is 18.9 Å². The Kier molecular flexibility index (Phi) is 5.07. The van der Waals surface area contributed by atoms with E-state index in [1.54, 1.807) is 18.2 Å². The maximum atomic E-state index is 12.4. The average Bonchev–Trinajstić information content (AvgIpc) is 3.26. The van der Waals surface area contributed by atoms with Gasteiger partial charge >= 0.3 is 5.76 Å². The molecule has 2 aromatic heterocycles. The Balaban J connectivity index is 1.45. The van der Waals surface area contributed by atoms with E-state index in [0.29, 0.717) is 16.2 Å². The first-order valence-corrected chi connectivity index (χ1v) is 10.2. The zero-order chi connectivity index (χ0) is 20.5. The molecule has 29 heavy (non-hydrogen) atoms. The van der Waals surface area contributed by atoms with Gasteiger partial charge in [0.2, 0.25) is 5.91 Å². The van der Waals surface area contributed by atoms with Crippen LogP contribution in [0.2, 0.25) is 0 Å². The van der Waals surface area contributed by atoms with Gasteiger partial charge in [-0.05, 0) is 55.7 Å². The number of anilines is 1. The predicted octanol–water partition coefficient (Wildman–Crippen LogP) is 4.67. The maximum absolute atomic E-state index is 12.4. The van der Waals surface area contributed by atoms with Crippen molar-refractivity contribution in [3.63, 3.8) is 0 Å². The molecule has 0 spiro atoms. The Morgan fingerprint density at radius 2 is 1.90 bits per heavy atom. The molecule has 7 heteroatoms. The number of carbonyl (C=O) groups excluding carboxylic acids is 1. The van der Waals surface area contributed by atoms with E-state index in [2.05, 4.69) is 43.2 Å². The van der Waals surface area contributed by atoms with Gasteiger partial charge < -0.3 is 9.73 Å². The fourth-order valence-electron chi connectivity index (χ4n) is 3.31. The van der Waals surface area contributed by atoms with Gasteiger partial charge in [-0.25, -0.2) is 9.78 Å². The van der Waals surface area contributed by atoms with Gasteiger partial charge in [0.05, 0.1) is 11.2 Å². The van der Waals surface area contributed by atoms with Crippen LogP contribution in [0.4, 0.5) is 5.13 Å². The number of nitrogens with one attached hydrogen (secondary N) is 1. The summed E-state index contributed by atoms with van der Waals surface area (Å²) in [4.78, 5) is 28.9. The lowest BCUT2D eigenvalue weighted by Crippen LogP contribution is -2.19. The van der Waals surface area contributed by atoms with E-state index in [1.165, 1.54) is 27.0 Å². The molecule has 0 atom stereocenters. The summed E-state index contributed by atoms with van der Waals surface area (Å²) in [5.41, 5.74) is 6.74. The normalized spacial score (nSPS) is 11.1. The summed E-state index contributed by atoms with van der Waals surface area (Å²) in [7, 11) is 0. The van der Waals surface area contributed by atoms with Gasteiger partial charge in [-0.3, -0.25) is 9.36 Å². The molecule has 2 heterocycles. The van der Waals surface area contributed by atoms with Crippen molar-refractivity contribution in [3.8, 4) is 11.3 Å². The van der Waals surface area contributed by atoms with Crippen molar-refractivity contribution >= 4 is 33.5 Å². The van der Waals surface area contributed by atoms with E-state index in [0.717, 1.165) is 16.8 Å². The second-order valence-corrected chi connectivity index (χ2v) is 7.93. The number of hydrogen-bond acceptors (Lipinski definition) is 5. The number of thiazole rings is 1. The number of nitrogens with zero attached hydrogens (tertiary/aromatic N) is 2. The van der Waals surface area contributed by atoms with Gasteiger partial charge in [0.1, 0.15) is 0 Å². The van der Waals surface area contributed by atoms with Crippen LogP contribution in [0.15, 0.2) is 51.0 Å². The number of aryl methyl sites for hydroxylation is 4. The van der Waals surface area contributed by atoms with E-state index in [9.17, 15) is 9.59 Å². The van der Waals surface area contributed by atoms with Crippen LogP contribution in [0.3, 0.4) is 0 Å². The molecule has 0 aliphatic carbocycles. The molecule has 148 valence electrons. The SMILES string of the molecule is Cc1cc(C)c(-c2csc(NC(=O)CCn3c(=O)oc4ccccc43)n2)cc1C. The summed E-state index contributed by atoms with van der Waals surface area (Å²) in [6.45, 7) is 6.48. The highest BCUT2D eigenvalue weighted by molar-refractivity contribution is 7.14. The standard InChI is InChI=1S/C22H21N3O3S/c1-13-10-15(3)16(11-14(13)2)17-12-29-21(23-17)24-20(26)8-9-25-18-6-4-5-7-19(18)28-22(25)27/h4-7,10-12H,8-9H2,1-3H3,(H,23,24,26). The van der Waals surface area contributed by atoms with Crippen LogP contribution in [0, 0.1) is 20.8 Å². The third-order valence-electron chi connectivity index (χ3n) is 5.00. The number of amides is 1. The van der Waals surface area contributed by atoms with Crippen LogP contribution in [-0.4, -0.2) is 15.5 Å². The van der Waals surface area contributed by atoms with Crippen LogP contribution in [0.5, 0.6) is 0 Å². The largest absolute Gasteiger partial charge is 0.419 e. The van der Waals surface area contributed by atoms with E-state index in [1.807, 2.05) is 11.4 Å². The first kappa shape index (κ1) is 19.1. The maximum Gasteiger partial charge on any atom is 0.419 e. The number of para-hydroxylation sites is 2. The summed E-state index contributed by atoms with van der Waals surface area (Å²) in [6.07, 6.45) is 0.154. The minimum atomic E-state index is -0.458. The highest BCUT2D eigenvalue weighted by atomic mass is 32.1. The molecule has 0 aliphatic heterocycles. The van der Waals surface area contributed by atoms with Gasteiger partial charge in [0, 0.05) is 23.9 Å². The summed E-state index contributed by atoms with van der Waals surface area (Å²) >= 11 is 1.39.